The van der Waals surface area contributed by atoms with Crippen LogP contribution < -0.4 is 5.73 Å². The van der Waals surface area contributed by atoms with Crippen LogP contribution in [-0.4, -0.2) is 36.5 Å². The second kappa shape index (κ2) is 9.72. The maximum atomic E-state index is 13.2. The number of alkyl halides is 6. The highest BCUT2D eigenvalue weighted by Gasteiger charge is 2.38. The summed E-state index contributed by atoms with van der Waals surface area (Å²) in [5.74, 6) is -0.555. The second-order valence-corrected chi connectivity index (χ2v) is 8.01. The van der Waals surface area contributed by atoms with Crippen molar-refractivity contribution in [1.29, 1.82) is 0 Å². The average Bonchev–Trinajstić information content (AvgIpc) is 2.77. The van der Waals surface area contributed by atoms with Gasteiger partial charge in [0.1, 0.15) is 0 Å². The molecule has 1 fully saturated rings. The van der Waals surface area contributed by atoms with Crippen molar-refractivity contribution in [3.8, 4) is 0 Å². The van der Waals surface area contributed by atoms with Gasteiger partial charge in [0.2, 0.25) is 5.91 Å². The molecule has 0 unspecified atom stereocenters. The summed E-state index contributed by atoms with van der Waals surface area (Å²) in [5, 5.41) is 0. The molecule has 0 spiro atoms. The molecule has 1 heterocycles. The standard InChI is InChI=1S/C23H24F6N2O2/c1-14(16-9-17(22(24,25)26)11-18(10-16)23(27,28)29)33-20-7-8-31(21(32)12-30)13-19(20)15-5-3-2-4-6-15/h2-6,9-11,14,19-20H,7-8,12-13,30H2,1H3/t14-,19+,20+/m1/s1. The van der Waals surface area contributed by atoms with Crippen LogP contribution in [0.2, 0.25) is 0 Å². The quantitative estimate of drug-likeness (QED) is 0.611. The van der Waals surface area contributed by atoms with Gasteiger partial charge in [-0.15, -0.1) is 0 Å². The summed E-state index contributed by atoms with van der Waals surface area (Å²) in [6, 6.07) is 10.6. The van der Waals surface area contributed by atoms with Crippen molar-refractivity contribution < 1.29 is 35.9 Å². The van der Waals surface area contributed by atoms with Crippen molar-refractivity contribution in [2.24, 2.45) is 5.73 Å². The SMILES string of the molecule is C[C@@H](O[C@H]1CCN(C(=O)CN)C[C@H]1c1ccccc1)c1cc(C(F)(F)F)cc(C(F)(F)F)c1. The van der Waals surface area contributed by atoms with Crippen molar-refractivity contribution in [1.82, 2.24) is 4.90 Å². The topological polar surface area (TPSA) is 55.6 Å². The third kappa shape index (κ3) is 6.05. The van der Waals surface area contributed by atoms with Crippen LogP contribution in [-0.2, 0) is 21.9 Å². The van der Waals surface area contributed by atoms with Gasteiger partial charge in [0.15, 0.2) is 0 Å². The first-order valence-electron chi connectivity index (χ1n) is 10.4. The number of amides is 1. The van der Waals surface area contributed by atoms with Gasteiger partial charge >= 0.3 is 12.4 Å². The molecular weight excluding hydrogens is 450 g/mol. The molecule has 1 aliphatic heterocycles. The van der Waals surface area contributed by atoms with Gasteiger partial charge in [-0.05, 0) is 42.7 Å². The molecule has 1 saturated heterocycles. The van der Waals surface area contributed by atoms with Crippen molar-refractivity contribution >= 4 is 5.91 Å². The van der Waals surface area contributed by atoms with Crippen LogP contribution in [0.5, 0.6) is 0 Å². The molecule has 2 aromatic carbocycles. The predicted molar refractivity (Wildman–Crippen MR) is 109 cm³/mol. The number of nitrogens with two attached hydrogens (primary N) is 1. The molecule has 3 atom stereocenters. The van der Waals surface area contributed by atoms with Crippen molar-refractivity contribution in [3.63, 3.8) is 0 Å². The minimum atomic E-state index is -4.93. The van der Waals surface area contributed by atoms with Gasteiger partial charge in [0.25, 0.3) is 0 Å². The zero-order valence-electron chi connectivity index (χ0n) is 17.8. The Morgan fingerprint density at radius 3 is 2.15 bits per heavy atom. The molecule has 0 saturated carbocycles. The molecule has 180 valence electrons. The largest absolute Gasteiger partial charge is 0.416 e. The molecule has 0 radical (unpaired) electrons. The molecule has 0 aliphatic carbocycles. The maximum Gasteiger partial charge on any atom is 0.416 e. The maximum absolute atomic E-state index is 13.2. The third-order valence-electron chi connectivity index (χ3n) is 5.76. The molecule has 10 heteroatoms. The minimum Gasteiger partial charge on any atom is -0.370 e. The highest BCUT2D eigenvalue weighted by atomic mass is 19.4. The Kier molecular flexibility index (Phi) is 7.38. The Bertz CT molecular complexity index is 929. The molecule has 2 N–H and O–H groups in total. The number of halogens is 6. The number of rotatable bonds is 5. The van der Waals surface area contributed by atoms with Gasteiger partial charge in [0, 0.05) is 19.0 Å². The lowest BCUT2D eigenvalue weighted by atomic mass is 9.87. The minimum absolute atomic E-state index is 0.0971. The van der Waals surface area contributed by atoms with E-state index < -0.39 is 35.7 Å². The van der Waals surface area contributed by atoms with E-state index in [-0.39, 0.29) is 36.5 Å². The van der Waals surface area contributed by atoms with Crippen LogP contribution in [0.1, 0.15) is 47.6 Å². The van der Waals surface area contributed by atoms with Crippen LogP contribution in [0.25, 0.3) is 0 Å². The molecule has 0 bridgehead atoms. The fourth-order valence-electron chi connectivity index (χ4n) is 4.02. The zero-order valence-corrected chi connectivity index (χ0v) is 17.8. The van der Waals surface area contributed by atoms with E-state index in [4.69, 9.17) is 10.5 Å². The van der Waals surface area contributed by atoms with Crippen LogP contribution in [0.4, 0.5) is 26.3 Å². The second-order valence-electron chi connectivity index (χ2n) is 8.01. The fourth-order valence-corrected chi connectivity index (χ4v) is 4.02. The third-order valence-corrected chi connectivity index (χ3v) is 5.76. The smallest absolute Gasteiger partial charge is 0.370 e. The summed E-state index contributed by atoms with van der Waals surface area (Å²) < 4.78 is 85.5. The van der Waals surface area contributed by atoms with Crippen molar-refractivity contribution in [2.75, 3.05) is 19.6 Å². The number of nitrogens with zero attached hydrogens (tertiary/aromatic N) is 1. The summed E-state index contributed by atoms with van der Waals surface area (Å²) >= 11 is 0. The molecule has 2 aromatic rings. The van der Waals surface area contributed by atoms with E-state index in [1.54, 1.807) is 4.90 Å². The highest BCUT2D eigenvalue weighted by Crippen LogP contribution is 2.39. The fraction of sp³-hybridized carbons (Fsp3) is 0.435. The van der Waals surface area contributed by atoms with E-state index in [9.17, 15) is 31.1 Å². The van der Waals surface area contributed by atoms with E-state index in [0.717, 1.165) is 5.56 Å². The molecule has 0 aromatic heterocycles. The van der Waals surface area contributed by atoms with Crippen molar-refractivity contribution in [2.45, 2.75) is 43.8 Å². The first kappa shape index (κ1) is 25.0. The van der Waals surface area contributed by atoms with E-state index in [1.165, 1.54) is 6.92 Å². The van der Waals surface area contributed by atoms with Crippen LogP contribution in [0.3, 0.4) is 0 Å². The van der Waals surface area contributed by atoms with Crippen LogP contribution in [0.15, 0.2) is 48.5 Å². The number of carbonyl (C=O) groups excluding carboxylic acids is 1. The van der Waals surface area contributed by atoms with Gasteiger partial charge < -0.3 is 15.4 Å². The first-order chi connectivity index (χ1) is 15.4. The first-order valence-corrected chi connectivity index (χ1v) is 10.4. The summed E-state index contributed by atoms with van der Waals surface area (Å²) in [6.07, 6.45) is -11.1. The Morgan fingerprint density at radius 1 is 1.06 bits per heavy atom. The summed E-state index contributed by atoms with van der Waals surface area (Å²) in [5.41, 5.74) is 3.34. The number of benzene rings is 2. The monoisotopic (exact) mass is 474 g/mol. The van der Waals surface area contributed by atoms with Crippen LogP contribution in [0, 0.1) is 0 Å². The van der Waals surface area contributed by atoms with Gasteiger partial charge in [-0.3, -0.25) is 4.79 Å². The van der Waals surface area contributed by atoms with E-state index in [2.05, 4.69) is 0 Å². The van der Waals surface area contributed by atoms with E-state index in [0.29, 0.717) is 25.1 Å². The number of ether oxygens (including phenoxy) is 1. The highest BCUT2D eigenvalue weighted by molar-refractivity contribution is 5.78. The number of piperidine rings is 1. The molecule has 3 rings (SSSR count). The Labute approximate surface area is 187 Å². The van der Waals surface area contributed by atoms with Crippen LogP contribution >= 0.6 is 0 Å². The molecule has 1 aliphatic rings. The lowest BCUT2D eigenvalue weighted by molar-refractivity contribution is -0.143. The van der Waals surface area contributed by atoms with Gasteiger partial charge in [-0.25, -0.2) is 0 Å². The summed E-state index contributed by atoms with van der Waals surface area (Å²) in [6.45, 7) is 1.88. The van der Waals surface area contributed by atoms with Crippen molar-refractivity contribution in [3.05, 3.63) is 70.8 Å². The summed E-state index contributed by atoms with van der Waals surface area (Å²) in [4.78, 5) is 13.7. The lowest BCUT2D eigenvalue weighted by Crippen LogP contribution is -2.47. The van der Waals surface area contributed by atoms with Gasteiger partial charge in [-0.2, -0.15) is 26.3 Å². The van der Waals surface area contributed by atoms with E-state index in [1.807, 2.05) is 30.3 Å². The molecule has 4 nitrogen and oxygen atoms in total. The van der Waals surface area contributed by atoms with Gasteiger partial charge in [0.05, 0.1) is 29.9 Å². The Hall–Kier alpha value is -2.59. The molecule has 33 heavy (non-hydrogen) atoms. The molecular formula is C23H24F6N2O2. The van der Waals surface area contributed by atoms with Gasteiger partial charge in [-0.1, -0.05) is 30.3 Å². The predicted octanol–water partition coefficient (Wildman–Crippen LogP) is 5.15. The number of likely N-dealkylation sites (tertiary alicyclic amines) is 1. The average molecular weight is 474 g/mol. The Morgan fingerprint density at radius 2 is 1.64 bits per heavy atom. The normalized spacial score (nSPS) is 20.5. The zero-order chi connectivity index (χ0) is 24.4. The number of hydrogen-bond acceptors (Lipinski definition) is 3. The Balaban J connectivity index is 1.90. The molecule has 1 amide bonds. The summed E-state index contributed by atoms with van der Waals surface area (Å²) in [7, 11) is 0. The van der Waals surface area contributed by atoms with E-state index >= 15 is 0 Å². The number of hydrogen-bond donors (Lipinski definition) is 1. The lowest BCUT2D eigenvalue weighted by Gasteiger charge is -2.40. The number of carbonyl (C=O) groups is 1.